The highest BCUT2D eigenvalue weighted by Crippen LogP contribution is 2.23. The number of nitrogens with one attached hydrogen (secondary N) is 2. The maximum atomic E-state index is 10.7. The number of rotatable bonds is 7. The molecule has 1 unspecified atom stereocenters. The van der Waals surface area contributed by atoms with E-state index >= 15 is 0 Å². The van der Waals surface area contributed by atoms with Crippen molar-refractivity contribution < 1.29 is 9.52 Å². The number of furan rings is 1. The van der Waals surface area contributed by atoms with E-state index in [0.29, 0.717) is 18.3 Å². The molecule has 1 atom stereocenters. The second-order valence-electron chi connectivity index (χ2n) is 7.21. The molecule has 3 rings (SSSR count). The summed E-state index contributed by atoms with van der Waals surface area (Å²) in [5.41, 5.74) is 2.01. The zero-order valence-corrected chi connectivity index (χ0v) is 19.7. The van der Waals surface area contributed by atoms with Crippen LogP contribution in [0.1, 0.15) is 36.6 Å². The van der Waals surface area contributed by atoms with Crippen molar-refractivity contribution >= 4 is 35.6 Å². The molecule has 0 aliphatic heterocycles. The fourth-order valence-corrected chi connectivity index (χ4v) is 3.01. The van der Waals surface area contributed by atoms with E-state index in [1.807, 2.05) is 36.6 Å². The summed E-state index contributed by atoms with van der Waals surface area (Å²) >= 11 is 0. The van der Waals surface area contributed by atoms with Gasteiger partial charge in [-0.3, -0.25) is 0 Å². The van der Waals surface area contributed by atoms with Gasteiger partial charge in [-0.25, -0.2) is 9.98 Å². The third-order valence-electron chi connectivity index (χ3n) is 4.56. The standard InChI is InChI=1S/C21H29N5O2.HI/c1-5-22-20(24-14-21(4,27)18-9-8-16(3)28-18)23-11-10-17-13-26-12-6-7-15(2)19(26)25-17;/h6-9,12-13,27H,5,10-11,14H2,1-4H3,(H2,22,23,24);1H. The molecule has 8 heteroatoms. The Morgan fingerprint density at radius 1 is 1.28 bits per heavy atom. The Labute approximate surface area is 188 Å². The van der Waals surface area contributed by atoms with Crippen molar-refractivity contribution in [3.8, 4) is 0 Å². The second-order valence-corrected chi connectivity index (χ2v) is 7.21. The fraction of sp³-hybridized carbons (Fsp3) is 0.429. The summed E-state index contributed by atoms with van der Waals surface area (Å²) in [5.74, 6) is 1.95. The van der Waals surface area contributed by atoms with Gasteiger partial charge in [-0.2, -0.15) is 0 Å². The number of aliphatic imine (C=N–C) groups is 1. The summed E-state index contributed by atoms with van der Waals surface area (Å²) in [6.07, 6.45) is 4.84. The van der Waals surface area contributed by atoms with E-state index in [4.69, 9.17) is 9.40 Å². The van der Waals surface area contributed by atoms with Crippen molar-refractivity contribution in [1.29, 1.82) is 0 Å². The Balaban J connectivity index is 0.00000300. The minimum atomic E-state index is -1.16. The predicted octanol–water partition coefficient (Wildman–Crippen LogP) is 3.17. The van der Waals surface area contributed by atoms with Gasteiger partial charge in [-0.05, 0) is 51.5 Å². The SMILES string of the molecule is CCNC(=NCC(C)(O)c1ccc(C)o1)NCCc1cn2cccc(C)c2n1.I. The topological polar surface area (TPSA) is 87.1 Å². The third-order valence-corrected chi connectivity index (χ3v) is 4.56. The lowest BCUT2D eigenvalue weighted by Gasteiger charge is -2.19. The first-order valence-corrected chi connectivity index (χ1v) is 9.63. The van der Waals surface area contributed by atoms with Crippen LogP contribution in [0.2, 0.25) is 0 Å². The smallest absolute Gasteiger partial charge is 0.191 e. The van der Waals surface area contributed by atoms with Crippen LogP contribution in [0.15, 0.2) is 46.1 Å². The summed E-state index contributed by atoms with van der Waals surface area (Å²) < 4.78 is 7.60. The van der Waals surface area contributed by atoms with Gasteiger partial charge in [0.05, 0.1) is 12.2 Å². The van der Waals surface area contributed by atoms with E-state index in [0.717, 1.165) is 35.6 Å². The zero-order valence-electron chi connectivity index (χ0n) is 17.4. The number of aliphatic hydroxyl groups is 1. The molecule has 0 aliphatic rings. The highest BCUT2D eigenvalue weighted by atomic mass is 127. The zero-order chi connectivity index (χ0) is 20.1. The number of imidazole rings is 1. The summed E-state index contributed by atoms with van der Waals surface area (Å²) in [4.78, 5) is 9.21. The van der Waals surface area contributed by atoms with Crippen molar-refractivity contribution in [2.75, 3.05) is 19.6 Å². The molecule has 3 N–H and O–H groups in total. The third kappa shape index (κ3) is 5.96. The minimum Gasteiger partial charge on any atom is -0.463 e. The molecule has 0 spiro atoms. The molecule has 0 fully saturated rings. The lowest BCUT2D eigenvalue weighted by molar-refractivity contribution is 0.0428. The van der Waals surface area contributed by atoms with E-state index in [-0.39, 0.29) is 30.5 Å². The molecule has 3 aromatic heterocycles. The van der Waals surface area contributed by atoms with Crippen molar-refractivity contribution in [3.63, 3.8) is 0 Å². The summed E-state index contributed by atoms with van der Waals surface area (Å²) in [7, 11) is 0. The van der Waals surface area contributed by atoms with Gasteiger partial charge >= 0.3 is 0 Å². The van der Waals surface area contributed by atoms with Gasteiger partial charge in [0.15, 0.2) is 5.96 Å². The molecule has 0 saturated heterocycles. The number of aromatic nitrogens is 2. The fourth-order valence-electron chi connectivity index (χ4n) is 3.01. The molecule has 0 saturated carbocycles. The molecule has 0 aliphatic carbocycles. The van der Waals surface area contributed by atoms with Gasteiger partial charge in [-0.1, -0.05) is 6.07 Å². The lowest BCUT2D eigenvalue weighted by atomic mass is 10.0. The summed E-state index contributed by atoms with van der Waals surface area (Å²) in [5, 5.41) is 17.2. The van der Waals surface area contributed by atoms with Gasteiger partial charge < -0.3 is 24.6 Å². The number of fused-ring (bicyclic) bond motifs is 1. The van der Waals surface area contributed by atoms with Crippen LogP contribution in [0.25, 0.3) is 5.65 Å². The van der Waals surface area contributed by atoms with E-state index < -0.39 is 5.60 Å². The Morgan fingerprint density at radius 3 is 2.72 bits per heavy atom. The second kappa shape index (κ2) is 10.1. The van der Waals surface area contributed by atoms with Gasteiger partial charge in [-0.15, -0.1) is 24.0 Å². The molecular formula is C21H30IN5O2. The first-order valence-electron chi connectivity index (χ1n) is 9.63. The number of aryl methyl sites for hydroxylation is 2. The average molecular weight is 511 g/mol. The van der Waals surface area contributed by atoms with Crippen LogP contribution in [0.3, 0.4) is 0 Å². The monoisotopic (exact) mass is 511 g/mol. The van der Waals surface area contributed by atoms with Crippen molar-refractivity contribution in [2.45, 2.75) is 39.7 Å². The number of nitrogens with zero attached hydrogens (tertiary/aromatic N) is 3. The van der Waals surface area contributed by atoms with Crippen molar-refractivity contribution in [2.24, 2.45) is 4.99 Å². The van der Waals surface area contributed by atoms with Crippen LogP contribution < -0.4 is 10.6 Å². The largest absolute Gasteiger partial charge is 0.463 e. The van der Waals surface area contributed by atoms with Gasteiger partial charge in [0, 0.05) is 31.9 Å². The number of guanidine groups is 1. The van der Waals surface area contributed by atoms with E-state index in [1.54, 1.807) is 13.0 Å². The van der Waals surface area contributed by atoms with Crippen LogP contribution >= 0.6 is 24.0 Å². The highest BCUT2D eigenvalue weighted by Gasteiger charge is 2.26. The average Bonchev–Trinajstić information content (AvgIpc) is 3.27. The van der Waals surface area contributed by atoms with Crippen LogP contribution in [0.4, 0.5) is 0 Å². The molecule has 29 heavy (non-hydrogen) atoms. The molecule has 0 amide bonds. The van der Waals surface area contributed by atoms with E-state index in [9.17, 15) is 5.11 Å². The maximum absolute atomic E-state index is 10.7. The first-order chi connectivity index (χ1) is 13.4. The molecular weight excluding hydrogens is 481 g/mol. The van der Waals surface area contributed by atoms with Gasteiger partial charge in [0.25, 0.3) is 0 Å². The molecule has 158 valence electrons. The predicted molar refractivity (Wildman–Crippen MR) is 126 cm³/mol. The molecule has 0 bridgehead atoms. The molecule has 0 aromatic carbocycles. The Morgan fingerprint density at radius 2 is 2.07 bits per heavy atom. The highest BCUT2D eigenvalue weighted by molar-refractivity contribution is 14.0. The molecule has 3 aromatic rings. The van der Waals surface area contributed by atoms with E-state index in [1.165, 1.54) is 0 Å². The van der Waals surface area contributed by atoms with Crippen LogP contribution in [0.5, 0.6) is 0 Å². The molecule has 0 radical (unpaired) electrons. The summed E-state index contributed by atoms with van der Waals surface area (Å²) in [6, 6.07) is 7.71. The van der Waals surface area contributed by atoms with Crippen LogP contribution in [0, 0.1) is 13.8 Å². The summed E-state index contributed by atoms with van der Waals surface area (Å²) in [6.45, 7) is 9.26. The Bertz CT molecular complexity index is 961. The number of hydrogen-bond acceptors (Lipinski definition) is 4. The van der Waals surface area contributed by atoms with Crippen molar-refractivity contribution in [1.82, 2.24) is 20.0 Å². The normalized spacial score (nSPS) is 13.8. The quantitative estimate of drug-likeness (QED) is 0.258. The first kappa shape index (κ1) is 23.2. The van der Waals surface area contributed by atoms with Crippen LogP contribution in [-0.2, 0) is 12.0 Å². The van der Waals surface area contributed by atoms with Gasteiger partial charge in [0.1, 0.15) is 22.8 Å². The maximum Gasteiger partial charge on any atom is 0.191 e. The van der Waals surface area contributed by atoms with Crippen LogP contribution in [-0.4, -0.2) is 40.1 Å². The molecule has 3 heterocycles. The number of halogens is 1. The van der Waals surface area contributed by atoms with Gasteiger partial charge in [0.2, 0.25) is 0 Å². The lowest BCUT2D eigenvalue weighted by Crippen LogP contribution is -2.39. The minimum absolute atomic E-state index is 0. The Hall–Kier alpha value is -2.07. The molecule has 7 nitrogen and oxygen atoms in total. The number of pyridine rings is 1. The van der Waals surface area contributed by atoms with E-state index in [2.05, 4.69) is 34.8 Å². The number of hydrogen-bond donors (Lipinski definition) is 3. The van der Waals surface area contributed by atoms with Crippen molar-refractivity contribution in [3.05, 3.63) is 59.4 Å². The Kier molecular flexibility index (Phi) is 8.09.